The fraction of sp³-hybridized carbons (Fsp3) is 0.561. The first-order chi connectivity index (χ1) is 30.2. The highest BCUT2D eigenvalue weighted by molar-refractivity contribution is 5.69. The maximum Gasteiger partial charge on any atom is 0.306 e. The van der Waals surface area contributed by atoms with Crippen LogP contribution in [-0.4, -0.2) is 37.0 Å². The molecule has 0 aromatic heterocycles. The largest absolute Gasteiger partial charge is 0.457 e. The SMILES string of the molecule is CC/C=C\C/C=C\C/C=C\C/C=C\C/C=C\C/C=C\C/C=C\CCCCOCC(CO)OC(=O)CCCCCCCCCCC/C=C\C/C=C\C/C=C\C/C=C\C/C=C\CC. The summed E-state index contributed by atoms with van der Waals surface area (Å²) in [6.07, 6.45) is 80.7. The molecule has 0 bridgehead atoms. The van der Waals surface area contributed by atoms with E-state index in [2.05, 4.69) is 160 Å². The number of carbonyl (C=O) groups excluding carboxylic acids is 1. The second kappa shape index (κ2) is 52.4. The molecule has 1 N–H and O–H groups in total. The average molecular weight is 839 g/mol. The molecule has 0 aromatic rings. The fourth-order valence-corrected chi connectivity index (χ4v) is 6.10. The van der Waals surface area contributed by atoms with Crippen molar-refractivity contribution in [3.05, 3.63) is 146 Å². The van der Waals surface area contributed by atoms with Gasteiger partial charge < -0.3 is 14.6 Å². The average Bonchev–Trinajstić information content (AvgIpc) is 3.27. The van der Waals surface area contributed by atoms with Gasteiger partial charge in [-0.1, -0.05) is 205 Å². The van der Waals surface area contributed by atoms with Crippen molar-refractivity contribution in [2.24, 2.45) is 0 Å². The minimum atomic E-state index is -0.574. The van der Waals surface area contributed by atoms with Crippen molar-refractivity contribution >= 4 is 5.97 Å². The molecule has 0 rings (SSSR count). The van der Waals surface area contributed by atoms with Crippen LogP contribution in [0.25, 0.3) is 0 Å². The van der Waals surface area contributed by atoms with Crippen LogP contribution in [0.1, 0.15) is 181 Å². The van der Waals surface area contributed by atoms with E-state index in [1.54, 1.807) is 0 Å². The first-order valence-corrected chi connectivity index (χ1v) is 24.4. The van der Waals surface area contributed by atoms with Crippen molar-refractivity contribution in [2.45, 2.75) is 187 Å². The number of esters is 1. The van der Waals surface area contributed by atoms with Crippen molar-refractivity contribution in [3.8, 4) is 0 Å². The topological polar surface area (TPSA) is 55.8 Å². The molecule has 0 saturated heterocycles. The normalized spacial score (nSPS) is 13.7. The zero-order valence-electron chi connectivity index (χ0n) is 39.1. The first-order valence-electron chi connectivity index (χ1n) is 24.4. The third-order valence-corrected chi connectivity index (χ3v) is 9.66. The Bertz CT molecular complexity index is 1300. The third kappa shape index (κ3) is 50.5. The van der Waals surface area contributed by atoms with Gasteiger partial charge in [0.15, 0.2) is 0 Å². The van der Waals surface area contributed by atoms with Crippen molar-refractivity contribution in [1.29, 1.82) is 0 Å². The molecule has 4 nitrogen and oxygen atoms in total. The number of rotatable bonds is 43. The van der Waals surface area contributed by atoms with E-state index in [-0.39, 0.29) is 19.2 Å². The van der Waals surface area contributed by atoms with E-state index < -0.39 is 6.10 Å². The molecule has 1 atom stereocenters. The fourth-order valence-electron chi connectivity index (χ4n) is 6.10. The molecule has 0 heterocycles. The molecule has 0 aliphatic rings. The number of unbranched alkanes of at least 4 members (excludes halogenated alkanes) is 11. The number of hydrogen-bond acceptors (Lipinski definition) is 4. The number of ether oxygens (including phenoxy) is 2. The standard InChI is InChI=1S/C57H90O4/c1-3-5-7-9-11-13-15-17-19-21-23-25-27-29-30-32-34-36-38-40-42-44-46-48-50-52-57(59)61-56(54-58)55-60-53-51-49-47-45-43-41-39-37-35-33-31-28-26-24-22-20-18-16-14-12-10-8-6-4-2/h5-8,11-14,17-20,23-26,29-31,33,37,39,43,45,56,58H,3-4,9-10,15-16,21-22,27-28,32,34-36,38,40-42,44,46-55H2,1-2H3/b7-5-,8-6-,13-11-,14-12-,19-17-,20-18-,25-23-,26-24-,30-29-,33-31-,39-37-,45-43-. The number of allylic oxidation sites excluding steroid dienone is 24. The van der Waals surface area contributed by atoms with Gasteiger partial charge in [0.05, 0.1) is 13.2 Å². The Hall–Kier alpha value is -3.73. The lowest BCUT2D eigenvalue weighted by atomic mass is 10.1. The lowest BCUT2D eigenvalue weighted by Crippen LogP contribution is -2.27. The van der Waals surface area contributed by atoms with E-state index in [1.807, 2.05) is 0 Å². The highest BCUT2D eigenvalue weighted by Crippen LogP contribution is 2.13. The molecule has 1 unspecified atom stereocenters. The predicted octanol–water partition coefficient (Wildman–Crippen LogP) is 16.8. The van der Waals surface area contributed by atoms with Crippen molar-refractivity contribution in [1.82, 2.24) is 0 Å². The summed E-state index contributed by atoms with van der Waals surface area (Å²) in [6.45, 7) is 4.99. The summed E-state index contributed by atoms with van der Waals surface area (Å²) in [7, 11) is 0. The number of carbonyl (C=O) groups is 1. The van der Waals surface area contributed by atoms with E-state index >= 15 is 0 Å². The Morgan fingerprint density at radius 3 is 1.03 bits per heavy atom. The Kier molecular flexibility index (Phi) is 49.2. The van der Waals surface area contributed by atoms with E-state index in [0.717, 1.165) is 116 Å². The smallest absolute Gasteiger partial charge is 0.306 e. The van der Waals surface area contributed by atoms with E-state index in [0.29, 0.717) is 13.0 Å². The van der Waals surface area contributed by atoms with Crippen molar-refractivity contribution < 1.29 is 19.4 Å². The van der Waals surface area contributed by atoms with Crippen LogP contribution in [0.3, 0.4) is 0 Å². The summed E-state index contributed by atoms with van der Waals surface area (Å²) in [5.74, 6) is -0.229. The van der Waals surface area contributed by atoms with Crippen molar-refractivity contribution in [3.63, 3.8) is 0 Å². The Labute approximate surface area is 376 Å². The van der Waals surface area contributed by atoms with Gasteiger partial charge >= 0.3 is 5.97 Å². The zero-order valence-corrected chi connectivity index (χ0v) is 39.1. The minimum Gasteiger partial charge on any atom is -0.457 e. The summed E-state index contributed by atoms with van der Waals surface area (Å²) in [6, 6.07) is 0. The summed E-state index contributed by atoms with van der Waals surface area (Å²) in [5.41, 5.74) is 0. The number of aliphatic hydroxyl groups is 1. The molecule has 0 fully saturated rings. The van der Waals surface area contributed by atoms with Crippen LogP contribution < -0.4 is 0 Å². The van der Waals surface area contributed by atoms with Crippen LogP contribution in [0.2, 0.25) is 0 Å². The van der Waals surface area contributed by atoms with Crippen LogP contribution in [0, 0.1) is 0 Å². The van der Waals surface area contributed by atoms with Crippen LogP contribution in [0.15, 0.2) is 146 Å². The van der Waals surface area contributed by atoms with Gasteiger partial charge in [-0.05, 0) is 116 Å². The van der Waals surface area contributed by atoms with Gasteiger partial charge in [0.25, 0.3) is 0 Å². The van der Waals surface area contributed by atoms with Gasteiger partial charge in [-0.15, -0.1) is 0 Å². The monoisotopic (exact) mass is 839 g/mol. The molecule has 0 aliphatic carbocycles. The lowest BCUT2D eigenvalue weighted by molar-refractivity contribution is -0.154. The van der Waals surface area contributed by atoms with Gasteiger partial charge in [0, 0.05) is 13.0 Å². The van der Waals surface area contributed by atoms with Gasteiger partial charge in [-0.3, -0.25) is 4.79 Å². The van der Waals surface area contributed by atoms with Crippen LogP contribution in [0.5, 0.6) is 0 Å². The van der Waals surface area contributed by atoms with Gasteiger partial charge in [0.1, 0.15) is 6.10 Å². The van der Waals surface area contributed by atoms with E-state index in [9.17, 15) is 9.90 Å². The summed E-state index contributed by atoms with van der Waals surface area (Å²) >= 11 is 0. The highest BCUT2D eigenvalue weighted by atomic mass is 16.6. The maximum absolute atomic E-state index is 12.3. The molecule has 0 amide bonds. The first kappa shape index (κ1) is 57.3. The lowest BCUT2D eigenvalue weighted by Gasteiger charge is -2.15. The zero-order chi connectivity index (χ0) is 44.0. The minimum absolute atomic E-state index is 0.203. The van der Waals surface area contributed by atoms with E-state index in [4.69, 9.17) is 9.47 Å². The predicted molar refractivity (Wildman–Crippen MR) is 269 cm³/mol. The quantitative estimate of drug-likeness (QED) is 0.0378. The van der Waals surface area contributed by atoms with Crippen molar-refractivity contribution in [2.75, 3.05) is 19.8 Å². The van der Waals surface area contributed by atoms with Crippen LogP contribution >= 0.6 is 0 Å². The van der Waals surface area contributed by atoms with Crippen LogP contribution in [0.4, 0.5) is 0 Å². The molecule has 0 aromatic carbocycles. The second-order valence-corrected chi connectivity index (χ2v) is 15.4. The molecular weight excluding hydrogens is 749 g/mol. The maximum atomic E-state index is 12.3. The molecule has 0 aliphatic heterocycles. The Morgan fingerprint density at radius 1 is 0.393 bits per heavy atom. The molecule has 342 valence electrons. The number of hydrogen-bond donors (Lipinski definition) is 1. The third-order valence-electron chi connectivity index (χ3n) is 9.66. The number of aliphatic hydroxyl groups excluding tert-OH is 1. The summed E-state index contributed by atoms with van der Waals surface area (Å²) in [5, 5.41) is 9.64. The molecule has 0 saturated carbocycles. The van der Waals surface area contributed by atoms with Crippen LogP contribution in [-0.2, 0) is 14.3 Å². The molecule has 4 heteroatoms. The summed E-state index contributed by atoms with van der Waals surface area (Å²) < 4.78 is 11.2. The molecule has 0 spiro atoms. The van der Waals surface area contributed by atoms with E-state index in [1.165, 1.54) is 44.9 Å². The highest BCUT2D eigenvalue weighted by Gasteiger charge is 2.13. The molecule has 0 radical (unpaired) electrons. The Morgan fingerprint density at radius 2 is 0.689 bits per heavy atom. The van der Waals surface area contributed by atoms with Gasteiger partial charge in [-0.25, -0.2) is 0 Å². The summed E-state index contributed by atoms with van der Waals surface area (Å²) in [4.78, 5) is 12.3. The molecule has 61 heavy (non-hydrogen) atoms. The Balaban J connectivity index is 3.60. The van der Waals surface area contributed by atoms with Gasteiger partial charge in [-0.2, -0.15) is 0 Å². The second-order valence-electron chi connectivity index (χ2n) is 15.4. The molecular formula is C57H90O4. The van der Waals surface area contributed by atoms with Gasteiger partial charge in [0.2, 0.25) is 0 Å².